The van der Waals surface area contributed by atoms with E-state index in [-0.39, 0.29) is 11.1 Å². The molecule has 0 saturated heterocycles. The molecule has 3 rings (SSSR count). The lowest BCUT2D eigenvalue weighted by molar-refractivity contribution is -0.589. The molecule has 112 valence electrons. The van der Waals surface area contributed by atoms with Crippen molar-refractivity contribution in [3.05, 3.63) is 65.5 Å². The van der Waals surface area contributed by atoms with Gasteiger partial charge < -0.3 is 0 Å². The van der Waals surface area contributed by atoms with E-state index >= 15 is 0 Å². The second kappa shape index (κ2) is 5.45. The number of benzene rings is 1. The molecule has 0 unspecified atom stereocenters. The molecule has 0 N–H and O–H groups in total. The van der Waals surface area contributed by atoms with Gasteiger partial charge in [-0.3, -0.25) is 9.13 Å². The molecule has 0 fully saturated rings. The van der Waals surface area contributed by atoms with Gasteiger partial charge in [0.15, 0.2) is 5.82 Å². The summed E-state index contributed by atoms with van der Waals surface area (Å²) in [6.07, 6.45) is 6.71. The van der Waals surface area contributed by atoms with Crippen LogP contribution in [0.25, 0.3) is 22.6 Å². The summed E-state index contributed by atoms with van der Waals surface area (Å²) in [6, 6.07) is 8.71. The lowest BCUT2D eigenvalue weighted by Crippen LogP contribution is -2.34. The van der Waals surface area contributed by atoms with E-state index in [0.29, 0.717) is 5.56 Å². The molecule has 2 aliphatic rings. The van der Waals surface area contributed by atoms with Gasteiger partial charge in [-0.1, -0.05) is 43.1 Å². The first-order valence-corrected chi connectivity index (χ1v) is 7.16. The molecule has 2 heteroatoms. The zero-order valence-corrected chi connectivity index (χ0v) is 12.9. The fourth-order valence-electron chi connectivity index (χ4n) is 2.73. The summed E-state index contributed by atoms with van der Waals surface area (Å²) in [5.41, 5.74) is 3.33. The van der Waals surface area contributed by atoms with Crippen LogP contribution in [0.4, 0.5) is 0 Å². The van der Waals surface area contributed by atoms with E-state index in [1.54, 1.807) is 35.8 Å². The highest BCUT2D eigenvalue weighted by atomic mass is 15.1. The molecule has 1 aromatic rings. The van der Waals surface area contributed by atoms with Crippen molar-refractivity contribution < 1.29 is 12.8 Å². The van der Waals surface area contributed by atoms with E-state index in [4.69, 9.17) is 8.22 Å². The molecule has 1 aromatic carbocycles. The van der Waals surface area contributed by atoms with Gasteiger partial charge in [0.2, 0.25) is 0 Å². The van der Waals surface area contributed by atoms with Crippen molar-refractivity contribution in [3.8, 4) is 17.1 Å². The molecule has 22 heavy (non-hydrogen) atoms. The first kappa shape index (κ1) is 8.94. The first-order valence-electron chi connectivity index (χ1n) is 10.2. The molecule has 0 radical (unpaired) electrons. The Balaban J connectivity index is 2.29. The minimum Gasteiger partial charge on any atom is -0.298 e. The molecule has 0 aliphatic carbocycles. The highest BCUT2D eigenvalue weighted by Gasteiger charge is 2.19. The molecule has 2 heterocycles. The van der Waals surface area contributed by atoms with Crippen LogP contribution in [0.3, 0.4) is 0 Å². The topological polar surface area (TPSA) is 8.81 Å². The van der Waals surface area contributed by atoms with E-state index in [1.807, 2.05) is 36.9 Å². The fraction of sp³-hybridized carbons (Fsp3) is 0.250. The maximum Gasteiger partial charge on any atom is 0.196 e. The van der Waals surface area contributed by atoms with E-state index in [0.717, 1.165) is 22.6 Å². The zero-order valence-electron chi connectivity index (χ0n) is 18.9. The Labute approximate surface area is 141 Å². The van der Waals surface area contributed by atoms with Crippen LogP contribution in [0.15, 0.2) is 42.6 Å². The minimum absolute atomic E-state index is 0.235. The van der Waals surface area contributed by atoms with Crippen molar-refractivity contribution >= 4 is 5.57 Å². The average molecular weight is 296 g/mol. The average Bonchev–Trinajstić information content (AvgIpc) is 2.94. The Morgan fingerprint density at radius 2 is 2.23 bits per heavy atom. The van der Waals surface area contributed by atoms with Crippen molar-refractivity contribution in [2.75, 3.05) is 0 Å². The summed E-state index contributed by atoms with van der Waals surface area (Å²) in [5.74, 6) is 0.783. The third kappa shape index (κ3) is 2.25. The molecule has 0 bridgehead atoms. The third-order valence-electron chi connectivity index (χ3n) is 3.85. The van der Waals surface area contributed by atoms with Gasteiger partial charge in [0.1, 0.15) is 0 Å². The van der Waals surface area contributed by atoms with E-state index in [1.165, 1.54) is 0 Å². The van der Waals surface area contributed by atoms with E-state index < -0.39 is 13.7 Å². The summed E-state index contributed by atoms with van der Waals surface area (Å²) >= 11 is 0. The van der Waals surface area contributed by atoms with Gasteiger partial charge in [0.25, 0.3) is 0 Å². The Kier molecular flexibility index (Phi) is 2.21. The SMILES string of the molecule is [2H]C([2H])([2H])C(=CC)c1[c-][n+](-c2ccc(C([2H])([2H])[2H])cc2C)c2n(C)cccc1-2. The van der Waals surface area contributed by atoms with Crippen LogP contribution in [0.2, 0.25) is 0 Å². The minimum atomic E-state index is -2.26. The second-order valence-corrected chi connectivity index (χ2v) is 5.38. The van der Waals surface area contributed by atoms with E-state index in [9.17, 15) is 0 Å². The van der Waals surface area contributed by atoms with Crippen molar-refractivity contribution in [2.45, 2.75) is 27.6 Å². The molecular formula is C20H22N2. The summed E-state index contributed by atoms with van der Waals surface area (Å²) in [7, 11) is 1.88. The van der Waals surface area contributed by atoms with E-state index in [2.05, 4.69) is 6.20 Å². The lowest BCUT2D eigenvalue weighted by Gasteiger charge is -2.13. The predicted octanol–water partition coefficient (Wildman–Crippen LogP) is 4.25. The monoisotopic (exact) mass is 296 g/mol. The summed E-state index contributed by atoms with van der Waals surface area (Å²) in [4.78, 5) is 0. The molecule has 0 aromatic heterocycles. The normalized spacial score (nSPS) is 17.3. The summed E-state index contributed by atoms with van der Waals surface area (Å²) in [5, 5.41) is 0. The molecule has 0 spiro atoms. The summed E-state index contributed by atoms with van der Waals surface area (Å²) in [6.45, 7) is -0.898. The standard InChI is InChI=1S/C20H22N2/c1-6-15(3)18-13-22(19-10-9-14(2)12-16(19)4)20-17(18)8-7-11-21(20)5/h6-12H,1-5H3/i2D3,3D3. The number of fused-ring (bicyclic) bond motifs is 1. The largest absolute Gasteiger partial charge is 0.298 e. The molecule has 0 atom stereocenters. The van der Waals surface area contributed by atoms with Crippen LogP contribution in [-0.2, 0) is 7.05 Å². The van der Waals surface area contributed by atoms with Crippen LogP contribution >= 0.6 is 0 Å². The lowest BCUT2D eigenvalue weighted by atomic mass is 10.0. The number of aryl methyl sites for hydroxylation is 3. The Bertz CT molecular complexity index is 1020. The fourth-order valence-corrected chi connectivity index (χ4v) is 2.73. The maximum absolute atomic E-state index is 7.87. The number of hydrogen-bond donors (Lipinski definition) is 0. The van der Waals surface area contributed by atoms with Crippen molar-refractivity contribution in [3.63, 3.8) is 0 Å². The van der Waals surface area contributed by atoms with Gasteiger partial charge >= 0.3 is 0 Å². The second-order valence-electron chi connectivity index (χ2n) is 5.38. The van der Waals surface area contributed by atoms with Gasteiger partial charge in [0.05, 0.1) is 25.1 Å². The summed E-state index contributed by atoms with van der Waals surface area (Å²) < 4.78 is 50.2. The van der Waals surface area contributed by atoms with Crippen LogP contribution in [0, 0.1) is 20.0 Å². The number of aromatic nitrogens is 2. The smallest absolute Gasteiger partial charge is 0.196 e. The van der Waals surface area contributed by atoms with Gasteiger partial charge in [0, 0.05) is 8.22 Å². The third-order valence-corrected chi connectivity index (χ3v) is 3.85. The molecule has 2 nitrogen and oxygen atoms in total. The highest BCUT2D eigenvalue weighted by molar-refractivity contribution is 5.77. The Morgan fingerprint density at radius 3 is 2.91 bits per heavy atom. The number of hydrogen-bond acceptors (Lipinski definition) is 0. The quantitative estimate of drug-likeness (QED) is 0.494. The van der Waals surface area contributed by atoms with Crippen LogP contribution in [0.1, 0.15) is 38.7 Å². The zero-order chi connectivity index (χ0) is 20.9. The van der Waals surface area contributed by atoms with Crippen LogP contribution in [0.5, 0.6) is 0 Å². The maximum atomic E-state index is 7.87. The Morgan fingerprint density at radius 1 is 1.36 bits per heavy atom. The number of allylic oxidation sites excluding steroid dienone is 2. The predicted molar refractivity (Wildman–Crippen MR) is 91.2 cm³/mol. The van der Waals surface area contributed by atoms with Gasteiger partial charge in [-0.05, 0) is 37.0 Å². The molecular weight excluding hydrogens is 268 g/mol. The molecule has 0 saturated carbocycles. The van der Waals surface area contributed by atoms with Crippen molar-refractivity contribution in [2.24, 2.45) is 7.05 Å². The van der Waals surface area contributed by atoms with Gasteiger partial charge in [-0.15, -0.1) is 11.6 Å². The van der Waals surface area contributed by atoms with Crippen molar-refractivity contribution in [1.82, 2.24) is 4.57 Å². The van der Waals surface area contributed by atoms with Gasteiger partial charge in [-0.2, -0.15) is 0 Å². The number of nitrogens with zero attached hydrogens (tertiary/aromatic N) is 2. The van der Waals surface area contributed by atoms with Gasteiger partial charge in [-0.25, -0.2) is 0 Å². The first-order chi connectivity index (χ1) is 12.9. The Hall–Kier alpha value is -2.35. The van der Waals surface area contributed by atoms with Crippen LogP contribution in [-0.4, -0.2) is 4.57 Å². The van der Waals surface area contributed by atoms with Crippen molar-refractivity contribution in [1.29, 1.82) is 0 Å². The molecule has 0 amide bonds. The highest BCUT2D eigenvalue weighted by Crippen LogP contribution is 2.29. The molecule has 2 aliphatic heterocycles. The van der Waals surface area contributed by atoms with Crippen LogP contribution < -0.4 is 4.57 Å². The number of pyridine rings is 1. The number of rotatable bonds is 2.